The molecule has 0 saturated carbocycles. The Balaban J connectivity index is 2.30. The minimum Gasteiger partial charge on any atom is -0.375 e. The maximum atomic E-state index is 11.8. The lowest BCUT2D eigenvalue weighted by Gasteiger charge is -2.02. The summed E-state index contributed by atoms with van der Waals surface area (Å²) in [5.74, 6) is 0.816. The maximum Gasteiger partial charge on any atom is 0.261 e. The fourth-order valence-corrected chi connectivity index (χ4v) is 1.29. The van der Waals surface area contributed by atoms with Crippen molar-refractivity contribution in [2.45, 2.75) is 38.7 Å². The molecule has 1 heterocycles. The van der Waals surface area contributed by atoms with E-state index in [0.717, 1.165) is 12.8 Å². The molecular weight excluding hydrogens is 232 g/mol. The van der Waals surface area contributed by atoms with Gasteiger partial charge in [0.15, 0.2) is 5.82 Å². The van der Waals surface area contributed by atoms with Crippen LogP contribution < -0.4 is 5.73 Å². The zero-order chi connectivity index (χ0) is 12.7. The van der Waals surface area contributed by atoms with Crippen LogP contribution in [-0.2, 0) is 11.2 Å². The zero-order valence-corrected chi connectivity index (χ0v) is 9.73. The fourth-order valence-electron chi connectivity index (χ4n) is 1.29. The van der Waals surface area contributed by atoms with Gasteiger partial charge < -0.3 is 15.0 Å². The Bertz CT molecular complexity index is 320. The lowest BCUT2D eigenvalue weighted by molar-refractivity contribution is 0.0182. The van der Waals surface area contributed by atoms with Crippen LogP contribution in [-0.4, -0.2) is 29.8 Å². The van der Waals surface area contributed by atoms with Gasteiger partial charge in [0.2, 0.25) is 5.89 Å². The minimum atomic E-state index is -2.45. The Labute approximate surface area is 98.3 Å². The van der Waals surface area contributed by atoms with Crippen molar-refractivity contribution in [2.24, 2.45) is 5.73 Å². The standard InChI is InChI=1S/C10H17F2N3O2/c1-2-3-7(13)10-14-9(15-17-10)4-5-16-6-8(11)12/h7-8H,2-6,13H2,1H3/t7-/m0/s1. The first-order chi connectivity index (χ1) is 8.13. The van der Waals surface area contributed by atoms with Crippen molar-refractivity contribution in [3.63, 3.8) is 0 Å². The second-order valence-corrected chi connectivity index (χ2v) is 3.66. The number of aromatic nitrogens is 2. The summed E-state index contributed by atoms with van der Waals surface area (Å²) in [4.78, 5) is 4.08. The largest absolute Gasteiger partial charge is 0.375 e. The highest BCUT2D eigenvalue weighted by atomic mass is 19.3. The molecule has 0 amide bonds. The number of nitrogens with zero attached hydrogens (tertiary/aromatic N) is 2. The van der Waals surface area contributed by atoms with Gasteiger partial charge in [-0.15, -0.1) is 0 Å². The van der Waals surface area contributed by atoms with Gasteiger partial charge >= 0.3 is 0 Å². The molecule has 0 fully saturated rings. The van der Waals surface area contributed by atoms with Crippen LogP contribution >= 0.6 is 0 Å². The average Bonchev–Trinajstić information content (AvgIpc) is 2.73. The first-order valence-electron chi connectivity index (χ1n) is 5.57. The highest BCUT2D eigenvalue weighted by Crippen LogP contribution is 2.13. The Kier molecular flexibility index (Phi) is 5.99. The van der Waals surface area contributed by atoms with Crippen molar-refractivity contribution < 1.29 is 18.0 Å². The van der Waals surface area contributed by atoms with Crippen molar-refractivity contribution in [1.29, 1.82) is 0 Å². The molecule has 0 aromatic carbocycles. The van der Waals surface area contributed by atoms with E-state index < -0.39 is 13.0 Å². The second-order valence-electron chi connectivity index (χ2n) is 3.66. The molecule has 1 rings (SSSR count). The Morgan fingerprint density at radius 2 is 2.24 bits per heavy atom. The molecule has 17 heavy (non-hydrogen) atoms. The SMILES string of the molecule is CCC[C@H](N)c1nc(CCOCC(F)F)no1. The van der Waals surface area contributed by atoms with Crippen LogP contribution in [0.3, 0.4) is 0 Å². The molecule has 1 aromatic rings. The van der Waals surface area contributed by atoms with Gasteiger partial charge in [0.05, 0.1) is 12.6 Å². The third kappa shape index (κ3) is 5.18. The molecule has 0 saturated heterocycles. The Hall–Kier alpha value is -1.08. The Morgan fingerprint density at radius 3 is 2.88 bits per heavy atom. The van der Waals surface area contributed by atoms with Gasteiger partial charge in [-0.25, -0.2) is 8.78 Å². The normalized spacial score (nSPS) is 13.2. The van der Waals surface area contributed by atoms with E-state index >= 15 is 0 Å². The van der Waals surface area contributed by atoms with E-state index in [1.54, 1.807) is 0 Å². The van der Waals surface area contributed by atoms with E-state index in [9.17, 15) is 8.78 Å². The van der Waals surface area contributed by atoms with E-state index in [1.165, 1.54) is 0 Å². The summed E-state index contributed by atoms with van der Waals surface area (Å²) in [5.41, 5.74) is 5.79. The smallest absolute Gasteiger partial charge is 0.261 e. The van der Waals surface area contributed by atoms with Crippen LogP contribution in [0, 0.1) is 0 Å². The number of hydrogen-bond acceptors (Lipinski definition) is 5. The topological polar surface area (TPSA) is 74.2 Å². The van der Waals surface area contributed by atoms with Crippen molar-refractivity contribution in [3.8, 4) is 0 Å². The molecule has 2 N–H and O–H groups in total. The molecule has 98 valence electrons. The quantitative estimate of drug-likeness (QED) is 0.710. The molecule has 0 spiro atoms. The van der Waals surface area contributed by atoms with Crippen LogP contribution in [0.2, 0.25) is 0 Å². The van der Waals surface area contributed by atoms with Crippen LogP contribution in [0.15, 0.2) is 4.52 Å². The van der Waals surface area contributed by atoms with Crippen LogP contribution in [0.4, 0.5) is 8.78 Å². The molecule has 1 aromatic heterocycles. The van der Waals surface area contributed by atoms with Gasteiger partial charge in [0.25, 0.3) is 6.43 Å². The van der Waals surface area contributed by atoms with E-state index in [4.69, 9.17) is 15.0 Å². The summed E-state index contributed by atoms with van der Waals surface area (Å²) in [6, 6.07) is -0.261. The van der Waals surface area contributed by atoms with Crippen LogP contribution in [0.1, 0.15) is 37.5 Å². The maximum absolute atomic E-state index is 11.8. The third-order valence-electron chi connectivity index (χ3n) is 2.11. The van der Waals surface area contributed by atoms with Gasteiger partial charge in [-0.3, -0.25) is 0 Å². The number of ether oxygens (including phenoxy) is 1. The number of hydrogen-bond donors (Lipinski definition) is 1. The third-order valence-corrected chi connectivity index (χ3v) is 2.11. The summed E-state index contributed by atoms with van der Waals surface area (Å²) >= 11 is 0. The minimum absolute atomic E-state index is 0.145. The highest BCUT2D eigenvalue weighted by molar-refractivity contribution is 4.91. The van der Waals surface area contributed by atoms with E-state index in [1.807, 2.05) is 6.92 Å². The number of halogens is 2. The lowest BCUT2D eigenvalue weighted by Crippen LogP contribution is -2.10. The lowest BCUT2D eigenvalue weighted by atomic mass is 10.2. The van der Waals surface area contributed by atoms with E-state index in [0.29, 0.717) is 18.1 Å². The first kappa shape index (κ1) is 14.0. The summed E-state index contributed by atoms with van der Waals surface area (Å²) < 4.78 is 33.2. The molecule has 5 nitrogen and oxygen atoms in total. The summed E-state index contributed by atoms with van der Waals surface area (Å²) in [7, 11) is 0. The first-order valence-corrected chi connectivity index (χ1v) is 5.57. The molecule has 7 heteroatoms. The number of rotatable bonds is 8. The molecule has 1 atom stereocenters. The molecule has 0 radical (unpaired) electrons. The molecule has 0 aliphatic rings. The van der Waals surface area contributed by atoms with Crippen molar-refractivity contribution in [3.05, 3.63) is 11.7 Å². The van der Waals surface area contributed by atoms with Gasteiger partial charge in [0.1, 0.15) is 6.61 Å². The average molecular weight is 249 g/mol. The molecule has 0 aliphatic heterocycles. The second kappa shape index (κ2) is 7.29. The van der Waals surface area contributed by atoms with Gasteiger partial charge in [-0.2, -0.15) is 4.98 Å². The van der Waals surface area contributed by atoms with Crippen molar-refractivity contribution >= 4 is 0 Å². The predicted molar refractivity (Wildman–Crippen MR) is 56.7 cm³/mol. The monoisotopic (exact) mass is 249 g/mol. The number of alkyl halides is 2. The van der Waals surface area contributed by atoms with Gasteiger partial charge in [-0.1, -0.05) is 18.5 Å². The van der Waals surface area contributed by atoms with Crippen LogP contribution in [0.5, 0.6) is 0 Å². The molecule has 0 unspecified atom stereocenters. The summed E-state index contributed by atoms with van der Waals surface area (Å²) in [6.45, 7) is 1.59. The summed E-state index contributed by atoms with van der Waals surface area (Å²) in [6.07, 6.45) is -0.414. The fraction of sp³-hybridized carbons (Fsp3) is 0.800. The highest BCUT2D eigenvalue weighted by Gasteiger charge is 2.13. The van der Waals surface area contributed by atoms with Gasteiger partial charge in [0, 0.05) is 6.42 Å². The number of nitrogens with two attached hydrogens (primary N) is 1. The van der Waals surface area contributed by atoms with Crippen molar-refractivity contribution in [2.75, 3.05) is 13.2 Å². The summed E-state index contributed by atoms with van der Waals surface area (Å²) in [5, 5.41) is 3.70. The molecule has 0 bridgehead atoms. The van der Waals surface area contributed by atoms with E-state index in [-0.39, 0.29) is 12.6 Å². The Morgan fingerprint density at radius 1 is 1.47 bits per heavy atom. The molecule has 0 aliphatic carbocycles. The van der Waals surface area contributed by atoms with Crippen LogP contribution in [0.25, 0.3) is 0 Å². The van der Waals surface area contributed by atoms with E-state index in [2.05, 4.69) is 10.1 Å². The molecular formula is C10H17F2N3O2. The van der Waals surface area contributed by atoms with Gasteiger partial charge in [-0.05, 0) is 6.42 Å². The zero-order valence-electron chi connectivity index (χ0n) is 9.73. The van der Waals surface area contributed by atoms with Crippen molar-refractivity contribution in [1.82, 2.24) is 10.1 Å². The predicted octanol–water partition coefficient (Wildman–Crippen LogP) is 1.69.